The number of carboxylic acids is 1. The van der Waals surface area contributed by atoms with Gasteiger partial charge >= 0.3 is 5.97 Å². The predicted molar refractivity (Wildman–Crippen MR) is 68.2 cm³/mol. The van der Waals surface area contributed by atoms with E-state index in [9.17, 15) is 14.9 Å². The minimum atomic E-state index is -1.16. The molecule has 0 aromatic heterocycles. The molecule has 19 heavy (non-hydrogen) atoms. The lowest BCUT2D eigenvalue weighted by atomic mass is 10.1. The van der Waals surface area contributed by atoms with E-state index in [1.165, 1.54) is 12.1 Å². The third kappa shape index (κ3) is 4.16. The van der Waals surface area contributed by atoms with Gasteiger partial charge in [-0.05, 0) is 24.6 Å². The van der Waals surface area contributed by atoms with E-state index in [1.54, 1.807) is 0 Å². The van der Waals surface area contributed by atoms with Gasteiger partial charge < -0.3 is 15.5 Å². The molecule has 1 aromatic rings. The number of nitrogens with zero attached hydrogens (tertiary/aromatic N) is 1. The molecule has 0 saturated heterocycles. The number of aliphatic carboxylic acids is 1. The van der Waals surface area contributed by atoms with Crippen LogP contribution in [0.25, 0.3) is 0 Å². The molecule has 1 unspecified atom stereocenters. The maximum atomic E-state index is 11.1. The molecule has 0 spiro atoms. The average Bonchev–Trinajstić information content (AvgIpc) is 2.35. The van der Waals surface area contributed by atoms with Crippen molar-refractivity contribution in [2.24, 2.45) is 0 Å². The van der Waals surface area contributed by atoms with Crippen LogP contribution < -0.4 is 5.32 Å². The molecule has 0 radical (unpaired) electrons. The highest BCUT2D eigenvalue weighted by Gasteiger charge is 2.22. The lowest BCUT2D eigenvalue weighted by molar-refractivity contribution is -0.384. The first-order chi connectivity index (χ1) is 8.97. The summed E-state index contributed by atoms with van der Waals surface area (Å²) >= 11 is 5.66. The molecule has 0 fully saturated rings. The number of aliphatic hydroxyl groups excluding tert-OH is 1. The molecule has 0 bridgehead atoms. The minimum absolute atomic E-state index is 0.0479. The van der Waals surface area contributed by atoms with Crippen molar-refractivity contribution in [1.29, 1.82) is 0 Å². The van der Waals surface area contributed by atoms with Crippen LogP contribution in [0.1, 0.15) is 18.0 Å². The maximum absolute atomic E-state index is 11.1. The van der Waals surface area contributed by atoms with Crippen molar-refractivity contribution < 1.29 is 19.9 Å². The van der Waals surface area contributed by atoms with Gasteiger partial charge in [0.2, 0.25) is 0 Å². The molecule has 1 aromatic carbocycles. The number of rotatable bonds is 7. The van der Waals surface area contributed by atoms with Crippen LogP contribution in [-0.2, 0) is 4.79 Å². The SMILES string of the molecule is O=C(O)C(NCCCO)c1ccc(Cl)c([N+](=O)[O-])c1. The molecule has 3 N–H and O–H groups in total. The number of carbonyl (C=O) groups is 1. The fourth-order valence-corrected chi connectivity index (χ4v) is 1.71. The van der Waals surface area contributed by atoms with Crippen molar-refractivity contribution in [3.63, 3.8) is 0 Å². The van der Waals surface area contributed by atoms with Gasteiger partial charge in [0.25, 0.3) is 5.69 Å². The Morgan fingerprint density at radius 1 is 1.53 bits per heavy atom. The second kappa shape index (κ2) is 7.03. The number of halogens is 1. The van der Waals surface area contributed by atoms with Gasteiger partial charge in [-0.15, -0.1) is 0 Å². The average molecular weight is 289 g/mol. The van der Waals surface area contributed by atoms with E-state index >= 15 is 0 Å². The highest BCUT2D eigenvalue weighted by molar-refractivity contribution is 6.32. The van der Waals surface area contributed by atoms with Crippen LogP contribution in [-0.4, -0.2) is 34.3 Å². The van der Waals surface area contributed by atoms with E-state index in [1.807, 2.05) is 0 Å². The summed E-state index contributed by atoms with van der Waals surface area (Å²) in [4.78, 5) is 21.2. The second-order valence-electron chi connectivity index (χ2n) is 3.77. The van der Waals surface area contributed by atoms with E-state index in [0.29, 0.717) is 6.42 Å². The van der Waals surface area contributed by atoms with Crippen molar-refractivity contribution in [2.45, 2.75) is 12.5 Å². The molecule has 8 heteroatoms. The largest absolute Gasteiger partial charge is 0.480 e. The highest BCUT2D eigenvalue weighted by atomic mass is 35.5. The lowest BCUT2D eigenvalue weighted by Crippen LogP contribution is -2.29. The molecule has 0 saturated carbocycles. The molecule has 0 amide bonds. The Morgan fingerprint density at radius 2 is 2.21 bits per heavy atom. The first-order valence-electron chi connectivity index (χ1n) is 5.48. The minimum Gasteiger partial charge on any atom is -0.480 e. The van der Waals surface area contributed by atoms with Gasteiger partial charge in [0, 0.05) is 12.7 Å². The lowest BCUT2D eigenvalue weighted by Gasteiger charge is -2.14. The Labute approximate surface area is 114 Å². The first kappa shape index (κ1) is 15.4. The summed E-state index contributed by atoms with van der Waals surface area (Å²) in [6, 6.07) is 2.76. The molecule has 104 valence electrons. The van der Waals surface area contributed by atoms with Crippen molar-refractivity contribution in [3.8, 4) is 0 Å². The zero-order valence-corrected chi connectivity index (χ0v) is 10.6. The summed E-state index contributed by atoms with van der Waals surface area (Å²) in [5.41, 5.74) is -0.101. The zero-order valence-electron chi connectivity index (χ0n) is 9.88. The molecule has 0 aliphatic carbocycles. The Bertz CT molecular complexity index is 480. The standard InChI is InChI=1S/C11H13ClN2O5/c12-8-3-2-7(6-9(8)14(18)19)10(11(16)17)13-4-1-5-15/h2-3,6,10,13,15H,1,4-5H2,(H,16,17). The van der Waals surface area contributed by atoms with Gasteiger partial charge in [-0.1, -0.05) is 17.7 Å². The summed E-state index contributed by atoms with van der Waals surface area (Å²) in [5, 5.41) is 31.1. The number of hydrogen-bond acceptors (Lipinski definition) is 5. The highest BCUT2D eigenvalue weighted by Crippen LogP contribution is 2.27. The monoisotopic (exact) mass is 288 g/mol. The number of nitro groups is 1. The fraction of sp³-hybridized carbons (Fsp3) is 0.364. The van der Waals surface area contributed by atoms with Gasteiger partial charge in [-0.2, -0.15) is 0 Å². The van der Waals surface area contributed by atoms with Crippen molar-refractivity contribution in [1.82, 2.24) is 5.32 Å². The summed E-state index contributed by atoms with van der Waals surface area (Å²) in [7, 11) is 0. The molecular formula is C11H13ClN2O5. The Hall–Kier alpha value is -1.70. The van der Waals surface area contributed by atoms with Crippen LogP contribution in [0.4, 0.5) is 5.69 Å². The van der Waals surface area contributed by atoms with E-state index in [2.05, 4.69) is 5.32 Å². The Kier molecular flexibility index (Phi) is 5.68. The van der Waals surface area contributed by atoms with Crippen LogP contribution in [0, 0.1) is 10.1 Å². The Morgan fingerprint density at radius 3 is 2.74 bits per heavy atom. The number of hydrogen-bond donors (Lipinski definition) is 3. The molecule has 0 heterocycles. The number of carboxylic acid groups (broad SMARTS) is 1. The van der Waals surface area contributed by atoms with Crippen molar-refractivity contribution >= 4 is 23.3 Å². The van der Waals surface area contributed by atoms with E-state index in [0.717, 1.165) is 6.07 Å². The molecule has 0 aliphatic rings. The smallest absolute Gasteiger partial charge is 0.325 e. The molecular weight excluding hydrogens is 276 g/mol. The number of nitrogens with one attached hydrogen (secondary N) is 1. The number of aliphatic hydroxyl groups is 1. The van der Waals surface area contributed by atoms with Crippen LogP contribution in [0.15, 0.2) is 18.2 Å². The number of benzene rings is 1. The first-order valence-corrected chi connectivity index (χ1v) is 5.86. The maximum Gasteiger partial charge on any atom is 0.325 e. The quantitative estimate of drug-likeness (QED) is 0.396. The van der Waals surface area contributed by atoms with Gasteiger partial charge in [-0.3, -0.25) is 14.9 Å². The summed E-state index contributed by atoms with van der Waals surface area (Å²) in [6.07, 6.45) is 0.388. The summed E-state index contributed by atoms with van der Waals surface area (Å²) < 4.78 is 0. The van der Waals surface area contributed by atoms with E-state index < -0.39 is 16.9 Å². The summed E-state index contributed by atoms with van der Waals surface area (Å²) in [5.74, 6) is -1.16. The van der Waals surface area contributed by atoms with Crippen molar-refractivity contribution in [2.75, 3.05) is 13.2 Å². The fourth-order valence-electron chi connectivity index (χ4n) is 1.52. The molecule has 1 atom stereocenters. The topological polar surface area (TPSA) is 113 Å². The predicted octanol–water partition coefficient (Wildman–Crippen LogP) is 1.35. The molecule has 1 rings (SSSR count). The van der Waals surface area contributed by atoms with Gasteiger partial charge in [0.1, 0.15) is 11.1 Å². The number of nitro benzene ring substituents is 1. The van der Waals surface area contributed by atoms with Crippen LogP contribution in [0.3, 0.4) is 0 Å². The second-order valence-corrected chi connectivity index (χ2v) is 4.18. The van der Waals surface area contributed by atoms with Gasteiger partial charge in [0.15, 0.2) is 0 Å². The van der Waals surface area contributed by atoms with Crippen LogP contribution in [0.5, 0.6) is 0 Å². The van der Waals surface area contributed by atoms with Crippen molar-refractivity contribution in [3.05, 3.63) is 38.9 Å². The van der Waals surface area contributed by atoms with Crippen LogP contribution >= 0.6 is 11.6 Å². The van der Waals surface area contributed by atoms with Crippen LogP contribution in [0.2, 0.25) is 5.02 Å². The van der Waals surface area contributed by atoms with Gasteiger partial charge in [-0.25, -0.2) is 0 Å². The molecule has 7 nitrogen and oxygen atoms in total. The normalized spacial score (nSPS) is 12.1. The zero-order chi connectivity index (χ0) is 14.4. The van der Waals surface area contributed by atoms with E-state index in [4.69, 9.17) is 21.8 Å². The Balaban J connectivity index is 2.99. The van der Waals surface area contributed by atoms with E-state index in [-0.39, 0.29) is 29.4 Å². The third-order valence-electron chi connectivity index (χ3n) is 2.43. The summed E-state index contributed by atoms with van der Waals surface area (Å²) in [6.45, 7) is 0.212. The third-order valence-corrected chi connectivity index (χ3v) is 2.75. The molecule has 0 aliphatic heterocycles. The van der Waals surface area contributed by atoms with Gasteiger partial charge in [0.05, 0.1) is 4.92 Å².